The molecule has 0 unspecified atom stereocenters. The smallest absolute Gasteiger partial charge is 0.284 e. The van der Waals surface area contributed by atoms with Crippen LogP contribution in [0.3, 0.4) is 0 Å². The van der Waals surface area contributed by atoms with Gasteiger partial charge >= 0.3 is 0 Å². The van der Waals surface area contributed by atoms with Gasteiger partial charge in [0.2, 0.25) is 0 Å². The van der Waals surface area contributed by atoms with E-state index in [9.17, 15) is 10.1 Å². The molecule has 1 aromatic rings. The molecule has 66 valence electrons. The zero-order valence-corrected chi connectivity index (χ0v) is 6.86. The normalized spacial score (nSPS) is 8.69. The summed E-state index contributed by atoms with van der Waals surface area (Å²) in [5.74, 6) is 5.21. The van der Waals surface area contributed by atoms with Gasteiger partial charge in [0.05, 0.1) is 11.5 Å². The van der Waals surface area contributed by atoms with Gasteiger partial charge in [0.25, 0.3) is 5.69 Å². The van der Waals surface area contributed by atoms with E-state index in [2.05, 4.69) is 11.8 Å². The lowest BCUT2D eigenvalue weighted by atomic mass is 10.2. The summed E-state index contributed by atoms with van der Waals surface area (Å²) in [5.41, 5.74) is 5.58. The highest BCUT2D eigenvalue weighted by Gasteiger charge is 2.08. The van der Waals surface area contributed by atoms with Crippen LogP contribution in [0.25, 0.3) is 0 Å². The third-order valence-corrected chi connectivity index (χ3v) is 1.43. The molecule has 0 spiro atoms. The summed E-state index contributed by atoms with van der Waals surface area (Å²) in [6, 6.07) is 6.32. The first-order valence-electron chi connectivity index (χ1n) is 3.68. The van der Waals surface area contributed by atoms with Crippen molar-refractivity contribution in [2.75, 3.05) is 6.54 Å². The fourth-order valence-electron chi connectivity index (χ4n) is 0.885. The maximum absolute atomic E-state index is 10.5. The third-order valence-electron chi connectivity index (χ3n) is 1.43. The zero-order chi connectivity index (χ0) is 9.68. The number of para-hydroxylation sites is 1. The van der Waals surface area contributed by atoms with Crippen molar-refractivity contribution in [3.63, 3.8) is 0 Å². The lowest BCUT2D eigenvalue weighted by Gasteiger charge is -1.92. The molecule has 0 radical (unpaired) electrons. The molecule has 13 heavy (non-hydrogen) atoms. The van der Waals surface area contributed by atoms with Crippen molar-refractivity contribution in [3.05, 3.63) is 39.9 Å². The number of rotatable bonds is 1. The van der Waals surface area contributed by atoms with Crippen molar-refractivity contribution in [2.24, 2.45) is 5.73 Å². The minimum Gasteiger partial charge on any atom is -0.320 e. The minimum atomic E-state index is -0.458. The average Bonchev–Trinajstić information content (AvgIpc) is 2.15. The number of hydrogen-bond donors (Lipinski definition) is 1. The number of hydrogen-bond acceptors (Lipinski definition) is 3. The molecule has 0 aliphatic heterocycles. The van der Waals surface area contributed by atoms with E-state index in [4.69, 9.17) is 5.73 Å². The largest absolute Gasteiger partial charge is 0.320 e. The van der Waals surface area contributed by atoms with Crippen molar-refractivity contribution in [2.45, 2.75) is 0 Å². The molecule has 1 aromatic carbocycles. The first kappa shape index (κ1) is 9.23. The molecule has 4 heteroatoms. The molecule has 0 aliphatic carbocycles. The predicted octanol–water partition coefficient (Wildman–Crippen LogP) is 0.905. The number of nitro benzene ring substituents is 1. The highest BCUT2D eigenvalue weighted by atomic mass is 16.6. The van der Waals surface area contributed by atoms with Gasteiger partial charge in [0, 0.05) is 6.07 Å². The van der Waals surface area contributed by atoms with Crippen molar-refractivity contribution in [1.29, 1.82) is 0 Å². The maximum Gasteiger partial charge on any atom is 0.284 e. The highest BCUT2D eigenvalue weighted by molar-refractivity contribution is 5.50. The summed E-state index contributed by atoms with van der Waals surface area (Å²) in [6.45, 7) is 0.200. The van der Waals surface area contributed by atoms with Crippen LogP contribution in [0.15, 0.2) is 24.3 Å². The zero-order valence-electron chi connectivity index (χ0n) is 6.86. The van der Waals surface area contributed by atoms with Crippen LogP contribution in [0.5, 0.6) is 0 Å². The van der Waals surface area contributed by atoms with E-state index in [1.54, 1.807) is 18.2 Å². The molecule has 0 atom stereocenters. The Bertz CT molecular complexity index is 377. The monoisotopic (exact) mass is 176 g/mol. The van der Waals surface area contributed by atoms with Gasteiger partial charge in [0.15, 0.2) is 0 Å². The Hall–Kier alpha value is -1.86. The van der Waals surface area contributed by atoms with Crippen molar-refractivity contribution < 1.29 is 4.92 Å². The van der Waals surface area contributed by atoms with Crippen LogP contribution in [-0.2, 0) is 0 Å². The Morgan fingerprint density at radius 3 is 2.77 bits per heavy atom. The van der Waals surface area contributed by atoms with Gasteiger partial charge in [-0.15, -0.1) is 0 Å². The molecule has 0 aromatic heterocycles. The van der Waals surface area contributed by atoms with Crippen molar-refractivity contribution >= 4 is 5.69 Å². The summed E-state index contributed by atoms with van der Waals surface area (Å²) >= 11 is 0. The van der Waals surface area contributed by atoms with E-state index in [0.717, 1.165) is 0 Å². The van der Waals surface area contributed by atoms with E-state index >= 15 is 0 Å². The number of nitrogens with two attached hydrogens (primary N) is 1. The molecule has 0 saturated heterocycles. The second kappa shape index (κ2) is 4.24. The van der Waals surface area contributed by atoms with Crippen LogP contribution in [0.2, 0.25) is 0 Å². The summed E-state index contributed by atoms with van der Waals surface area (Å²) in [7, 11) is 0. The van der Waals surface area contributed by atoms with Crippen LogP contribution >= 0.6 is 0 Å². The SMILES string of the molecule is NCC#Cc1ccccc1[N+](=O)[O-]. The van der Waals surface area contributed by atoms with Gasteiger partial charge in [-0.2, -0.15) is 0 Å². The Morgan fingerprint density at radius 1 is 1.46 bits per heavy atom. The van der Waals surface area contributed by atoms with Crippen LogP contribution in [-0.4, -0.2) is 11.5 Å². The van der Waals surface area contributed by atoms with Crippen LogP contribution in [0.1, 0.15) is 5.56 Å². The Balaban J connectivity index is 3.12. The second-order valence-electron chi connectivity index (χ2n) is 2.28. The molecule has 0 amide bonds. The molecule has 0 saturated carbocycles. The third kappa shape index (κ3) is 2.29. The molecule has 1 rings (SSSR count). The van der Waals surface area contributed by atoms with E-state index in [0.29, 0.717) is 5.56 Å². The quantitative estimate of drug-likeness (QED) is 0.392. The Morgan fingerprint density at radius 2 is 2.15 bits per heavy atom. The molecule has 4 nitrogen and oxygen atoms in total. The first-order valence-corrected chi connectivity index (χ1v) is 3.68. The van der Waals surface area contributed by atoms with Crippen molar-refractivity contribution in [1.82, 2.24) is 0 Å². The van der Waals surface area contributed by atoms with Crippen LogP contribution in [0, 0.1) is 22.0 Å². The van der Waals surface area contributed by atoms with Gasteiger partial charge in [0.1, 0.15) is 5.56 Å². The average molecular weight is 176 g/mol. The van der Waals surface area contributed by atoms with E-state index < -0.39 is 4.92 Å². The van der Waals surface area contributed by atoms with Gasteiger partial charge in [-0.25, -0.2) is 0 Å². The minimum absolute atomic E-state index is 0.0171. The molecule has 0 fully saturated rings. The number of nitro groups is 1. The number of benzene rings is 1. The Labute approximate surface area is 75.5 Å². The first-order chi connectivity index (χ1) is 6.25. The summed E-state index contributed by atoms with van der Waals surface area (Å²) in [4.78, 5) is 10.0. The molecular weight excluding hydrogens is 168 g/mol. The van der Waals surface area contributed by atoms with E-state index in [1.165, 1.54) is 6.07 Å². The molecule has 2 N–H and O–H groups in total. The molecule has 0 heterocycles. The predicted molar refractivity (Wildman–Crippen MR) is 49.0 cm³/mol. The van der Waals surface area contributed by atoms with Gasteiger partial charge < -0.3 is 5.73 Å². The fourth-order valence-corrected chi connectivity index (χ4v) is 0.885. The summed E-state index contributed by atoms with van der Waals surface area (Å²) < 4.78 is 0. The second-order valence-corrected chi connectivity index (χ2v) is 2.28. The topological polar surface area (TPSA) is 69.2 Å². The summed E-state index contributed by atoms with van der Waals surface area (Å²) in [5, 5.41) is 10.5. The van der Waals surface area contributed by atoms with Gasteiger partial charge in [-0.3, -0.25) is 10.1 Å². The maximum atomic E-state index is 10.5. The molecule has 0 bridgehead atoms. The van der Waals surface area contributed by atoms with Gasteiger partial charge in [-0.1, -0.05) is 24.0 Å². The van der Waals surface area contributed by atoms with Crippen LogP contribution in [0.4, 0.5) is 5.69 Å². The molecular formula is C9H8N2O2. The lowest BCUT2D eigenvalue weighted by Crippen LogP contribution is -1.95. The fraction of sp³-hybridized carbons (Fsp3) is 0.111. The van der Waals surface area contributed by atoms with E-state index in [-0.39, 0.29) is 12.2 Å². The summed E-state index contributed by atoms with van der Waals surface area (Å²) in [6.07, 6.45) is 0. The van der Waals surface area contributed by atoms with Crippen molar-refractivity contribution in [3.8, 4) is 11.8 Å². The number of nitrogens with zero attached hydrogens (tertiary/aromatic N) is 1. The van der Waals surface area contributed by atoms with Crippen LogP contribution < -0.4 is 5.73 Å². The van der Waals surface area contributed by atoms with Gasteiger partial charge in [-0.05, 0) is 6.07 Å². The van der Waals surface area contributed by atoms with E-state index in [1.807, 2.05) is 0 Å². The molecule has 0 aliphatic rings. The lowest BCUT2D eigenvalue weighted by molar-refractivity contribution is -0.385. The highest BCUT2D eigenvalue weighted by Crippen LogP contribution is 2.15. The Kier molecular flexibility index (Phi) is 3.01. The standard InChI is InChI=1S/C9H8N2O2/c10-7-3-5-8-4-1-2-6-9(8)11(12)13/h1-2,4,6H,7,10H2.